The zero-order valence-electron chi connectivity index (χ0n) is 10.8. The van der Waals surface area contributed by atoms with Crippen LogP contribution in [0.2, 0.25) is 0 Å². The summed E-state index contributed by atoms with van der Waals surface area (Å²) >= 11 is 0. The van der Waals surface area contributed by atoms with E-state index in [9.17, 15) is 0 Å². The molecule has 1 heterocycles. The minimum Gasteiger partial charge on any atom is -0.481 e. The number of hydrogen-bond donors (Lipinski definition) is 1. The fraction of sp³-hybridized carbons (Fsp3) is 0.643. The first-order valence-corrected chi connectivity index (χ1v) is 6.57. The van der Waals surface area contributed by atoms with Crippen LogP contribution in [0.3, 0.4) is 0 Å². The van der Waals surface area contributed by atoms with Crippen LogP contribution in [-0.2, 0) is 0 Å². The summed E-state index contributed by atoms with van der Waals surface area (Å²) in [4.78, 5) is 4.28. The van der Waals surface area contributed by atoms with Crippen molar-refractivity contribution in [3.8, 4) is 5.88 Å². The van der Waals surface area contributed by atoms with Crippen LogP contribution < -0.4 is 10.1 Å². The van der Waals surface area contributed by atoms with E-state index < -0.39 is 0 Å². The van der Waals surface area contributed by atoms with Gasteiger partial charge in [-0.25, -0.2) is 4.98 Å². The maximum atomic E-state index is 5.34. The van der Waals surface area contributed by atoms with Crippen molar-refractivity contribution in [1.82, 2.24) is 10.3 Å². The third kappa shape index (κ3) is 3.43. The van der Waals surface area contributed by atoms with Gasteiger partial charge < -0.3 is 10.1 Å². The highest BCUT2D eigenvalue weighted by molar-refractivity contribution is 5.28. The molecule has 0 amide bonds. The highest BCUT2D eigenvalue weighted by Crippen LogP contribution is 2.36. The van der Waals surface area contributed by atoms with Gasteiger partial charge in [-0.2, -0.15) is 0 Å². The van der Waals surface area contributed by atoms with E-state index in [4.69, 9.17) is 4.74 Å². The van der Waals surface area contributed by atoms with Crippen molar-refractivity contribution >= 4 is 0 Å². The van der Waals surface area contributed by atoms with Crippen molar-refractivity contribution < 1.29 is 4.74 Å². The number of nitrogens with zero attached hydrogens (tertiary/aromatic N) is 1. The Morgan fingerprint density at radius 2 is 2.35 bits per heavy atom. The molecule has 2 rings (SSSR count). The lowest BCUT2D eigenvalue weighted by molar-refractivity contribution is 0.377. The van der Waals surface area contributed by atoms with E-state index in [1.54, 1.807) is 13.3 Å². The van der Waals surface area contributed by atoms with Crippen molar-refractivity contribution in [1.29, 1.82) is 0 Å². The number of ether oxygens (including phenoxy) is 1. The average molecular weight is 234 g/mol. The van der Waals surface area contributed by atoms with E-state index in [1.807, 2.05) is 6.07 Å². The van der Waals surface area contributed by atoms with Crippen LogP contribution in [0.1, 0.15) is 44.2 Å². The van der Waals surface area contributed by atoms with Crippen LogP contribution in [0.15, 0.2) is 18.3 Å². The smallest absolute Gasteiger partial charge is 0.217 e. The third-order valence-corrected chi connectivity index (χ3v) is 3.38. The molecule has 0 radical (unpaired) electrons. The lowest BCUT2D eigenvalue weighted by Gasteiger charge is -2.19. The molecular weight excluding hydrogens is 212 g/mol. The van der Waals surface area contributed by atoms with Crippen molar-refractivity contribution in [2.75, 3.05) is 13.7 Å². The maximum absolute atomic E-state index is 5.34. The minimum absolute atomic E-state index is 0.379. The molecule has 1 unspecified atom stereocenters. The lowest BCUT2D eigenvalue weighted by Crippen LogP contribution is -2.21. The van der Waals surface area contributed by atoms with Gasteiger partial charge in [-0.05, 0) is 31.4 Å². The molecule has 3 heteroatoms. The number of methoxy groups -OCH3 is 1. The van der Waals surface area contributed by atoms with Crippen LogP contribution in [0, 0.1) is 5.92 Å². The monoisotopic (exact) mass is 234 g/mol. The molecule has 3 nitrogen and oxygen atoms in total. The van der Waals surface area contributed by atoms with Crippen molar-refractivity contribution in [2.24, 2.45) is 5.92 Å². The van der Waals surface area contributed by atoms with Gasteiger partial charge in [0.25, 0.3) is 0 Å². The van der Waals surface area contributed by atoms with E-state index >= 15 is 0 Å². The first-order valence-electron chi connectivity index (χ1n) is 6.57. The third-order valence-electron chi connectivity index (χ3n) is 3.38. The van der Waals surface area contributed by atoms with Gasteiger partial charge in [0.05, 0.1) is 7.11 Å². The Bertz CT molecular complexity index is 350. The molecule has 0 aliphatic heterocycles. The van der Waals surface area contributed by atoms with E-state index in [0.29, 0.717) is 6.04 Å². The second kappa shape index (κ2) is 6.01. The summed E-state index contributed by atoms with van der Waals surface area (Å²) in [5.41, 5.74) is 1.19. The normalized spacial score (nSPS) is 16.8. The van der Waals surface area contributed by atoms with Gasteiger partial charge in [0, 0.05) is 17.8 Å². The Morgan fingerprint density at radius 1 is 1.53 bits per heavy atom. The molecule has 0 spiro atoms. The van der Waals surface area contributed by atoms with Gasteiger partial charge >= 0.3 is 0 Å². The maximum Gasteiger partial charge on any atom is 0.217 e. The Hall–Kier alpha value is -1.09. The first-order chi connectivity index (χ1) is 8.35. The molecule has 1 N–H and O–H groups in total. The standard InChI is InChI=1S/C14H22N2O/c1-3-15-13(9-8-11-6-7-11)12-5-4-10-16-14(12)17-2/h4-5,10-11,13,15H,3,6-9H2,1-2H3. The molecule has 1 atom stereocenters. The van der Waals surface area contributed by atoms with Gasteiger partial charge in [0.1, 0.15) is 0 Å². The summed E-state index contributed by atoms with van der Waals surface area (Å²) < 4.78 is 5.34. The van der Waals surface area contributed by atoms with Crippen LogP contribution >= 0.6 is 0 Å². The zero-order valence-corrected chi connectivity index (χ0v) is 10.8. The summed E-state index contributed by atoms with van der Waals surface area (Å²) in [6.45, 7) is 3.13. The molecule has 1 saturated carbocycles. The minimum atomic E-state index is 0.379. The quantitative estimate of drug-likeness (QED) is 0.787. The number of pyridine rings is 1. The highest BCUT2D eigenvalue weighted by atomic mass is 16.5. The molecule has 1 aliphatic rings. The molecule has 17 heavy (non-hydrogen) atoms. The average Bonchev–Trinajstić information content (AvgIpc) is 3.18. The Labute approximate surface area is 104 Å². The number of hydrogen-bond acceptors (Lipinski definition) is 3. The molecule has 0 aromatic carbocycles. The fourth-order valence-electron chi connectivity index (χ4n) is 2.26. The Kier molecular flexibility index (Phi) is 4.37. The predicted octanol–water partition coefficient (Wildman–Crippen LogP) is 2.93. The Morgan fingerprint density at radius 3 is 3.00 bits per heavy atom. The molecule has 0 saturated heterocycles. The van der Waals surface area contributed by atoms with Crippen LogP contribution in [0.4, 0.5) is 0 Å². The van der Waals surface area contributed by atoms with Gasteiger partial charge in [-0.15, -0.1) is 0 Å². The van der Waals surface area contributed by atoms with Crippen LogP contribution in [0.25, 0.3) is 0 Å². The number of nitrogens with one attached hydrogen (secondary N) is 1. The zero-order chi connectivity index (χ0) is 12.1. The van der Waals surface area contributed by atoms with E-state index in [1.165, 1.54) is 31.2 Å². The van der Waals surface area contributed by atoms with Gasteiger partial charge in [0.15, 0.2) is 0 Å². The molecule has 1 aromatic rings. The van der Waals surface area contributed by atoms with Crippen molar-refractivity contribution in [2.45, 2.75) is 38.6 Å². The first kappa shape index (κ1) is 12.4. The SMILES string of the molecule is CCNC(CCC1CC1)c1cccnc1OC. The molecule has 0 bridgehead atoms. The van der Waals surface area contributed by atoms with Gasteiger partial charge in [0.2, 0.25) is 5.88 Å². The topological polar surface area (TPSA) is 34.2 Å². The largest absolute Gasteiger partial charge is 0.481 e. The molecule has 94 valence electrons. The second-order valence-electron chi connectivity index (χ2n) is 4.73. The summed E-state index contributed by atoms with van der Waals surface area (Å²) in [5.74, 6) is 1.73. The van der Waals surface area contributed by atoms with E-state index in [2.05, 4.69) is 23.3 Å². The number of rotatable bonds is 7. The summed E-state index contributed by atoms with van der Waals surface area (Å²) in [5, 5.41) is 3.54. The summed E-state index contributed by atoms with van der Waals surface area (Å²) in [6.07, 6.45) is 7.12. The van der Waals surface area contributed by atoms with Gasteiger partial charge in [-0.3, -0.25) is 0 Å². The number of aromatic nitrogens is 1. The molecule has 1 fully saturated rings. The van der Waals surface area contributed by atoms with E-state index in [0.717, 1.165) is 18.3 Å². The summed E-state index contributed by atoms with van der Waals surface area (Å²) in [6, 6.07) is 4.48. The second-order valence-corrected chi connectivity index (χ2v) is 4.73. The fourth-order valence-corrected chi connectivity index (χ4v) is 2.26. The highest BCUT2D eigenvalue weighted by Gasteiger charge is 2.24. The molecule has 1 aromatic heterocycles. The van der Waals surface area contributed by atoms with Crippen molar-refractivity contribution in [3.05, 3.63) is 23.9 Å². The predicted molar refractivity (Wildman–Crippen MR) is 69.2 cm³/mol. The van der Waals surface area contributed by atoms with Crippen LogP contribution in [0.5, 0.6) is 5.88 Å². The summed E-state index contributed by atoms with van der Waals surface area (Å²) in [7, 11) is 1.69. The molecular formula is C14H22N2O. The van der Waals surface area contributed by atoms with Crippen LogP contribution in [-0.4, -0.2) is 18.6 Å². The van der Waals surface area contributed by atoms with E-state index in [-0.39, 0.29) is 0 Å². The Balaban J connectivity index is 2.05. The van der Waals surface area contributed by atoms with Crippen molar-refractivity contribution in [3.63, 3.8) is 0 Å². The lowest BCUT2D eigenvalue weighted by atomic mass is 10.0. The molecule has 1 aliphatic carbocycles. The van der Waals surface area contributed by atoms with Gasteiger partial charge in [-0.1, -0.05) is 25.8 Å².